The molecule has 3 N–H and O–H groups in total. The van der Waals surface area contributed by atoms with Crippen LogP contribution in [0.1, 0.15) is 30.9 Å². The molecule has 1 aromatic heterocycles. The van der Waals surface area contributed by atoms with E-state index in [1.165, 1.54) is 0 Å². The van der Waals surface area contributed by atoms with Gasteiger partial charge in [0.1, 0.15) is 5.75 Å². The van der Waals surface area contributed by atoms with Gasteiger partial charge in [0.15, 0.2) is 6.10 Å². The molecule has 1 amide bonds. The van der Waals surface area contributed by atoms with Crippen LogP contribution in [0.2, 0.25) is 0 Å². The van der Waals surface area contributed by atoms with Gasteiger partial charge in [-0.3, -0.25) is 4.79 Å². The van der Waals surface area contributed by atoms with Crippen molar-refractivity contribution in [1.29, 1.82) is 0 Å². The average Bonchev–Trinajstić information content (AvgIpc) is 3.32. The summed E-state index contributed by atoms with van der Waals surface area (Å²) in [6.45, 7) is 7.55. The Bertz CT molecular complexity index is 1110. The van der Waals surface area contributed by atoms with Gasteiger partial charge in [-0.25, -0.2) is 4.79 Å². The van der Waals surface area contributed by atoms with Gasteiger partial charge in [0, 0.05) is 13.1 Å². The van der Waals surface area contributed by atoms with Crippen molar-refractivity contribution in [2.45, 2.75) is 39.7 Å². The molecular formula is C22H26N4O3. The van der Waals surface area contributed by atoms with E-state index >= 15 is 0 Å². The number of aryl methyl sites for hydroxylation is 2. The molecule has 1 aliphatic rings. The molecule has 1 atom stereocenters. The monoisotopic (exact) mass is 394 g/mol. The Labute approximate surface area is 169 Å². The maximum Gasteiger partial charge on any atom is 0.323 e. The van der Waals surface area contributed by atoms with E-state index in [4.69, 9.17) is 4.74 Å². The number of rotatable bonds is 5. The van der Waals surface area contributed by atoms with Crippen molar-refractivity contribution >= 4 is 28.3 Å². The number of carbonyl (C=O) groups is 1. The van der Waals surface area contributed by atoms with Crippen molar-refractivity contribution in [3.8, 4) is 5.75 Å². The molecular weight excluding hydrogens is 368 g/mol. The number of H-pyrrole nitrogens is 2. The highest BCUT2D eigenvalue weighted by atomic mass is 16.5. The number of imidazole rings is 1. The second-order valence-corrected chi connectivity index (χ2v) is 7.71. The van der Waals surface area contributed by atoms with E-state index in [1.807, 2.05) is 44.2 Å². The number of ether oxygens (including phenoxy) is 1. The summed E-state index contributed by atoms with van der Waals surface area (Å²) < 4.78 is 5.93. The zero-order valence-electron chi connectivity index (χ0n) is 17.0. The number of nitrogens with zero attached hydrogens (tertiary/aromatic N) is 1. The summed E-state index contributed by atoms with van der Waals surface area (Å²) >= 11 is 0. The van der Waals surface area contributed by atoms with E-state index in [1.54, 1.807) is 6.92 Å². The Balaban J connectivity index is 1.60. The molecule has 2 heterocycles. The number of nitrogens with one attached hydrogen (secondary N) is 3. The first kappa shape index (κ1) is 19.1. The van der Waals surface area contributed by atoms with Crippen LogP contribution in [0.25, 0.3) is 11.0 Å². The molecule has 3 aromatic rings. The SMILES string of the molecule is Cc1ccc(C)c(OC(C)C(=O)Nc2cc3[nH]c(=O)[nH]c3cc2N2CCCC2)c1. The summed E-state index contributed by atoms with van der Waals surface area (Å²) in [6, 6.07) is 9.66. The summed E-state index contributed by atoms with van der Waals surface area (Å²) in [7, 11) is 0. The topological polar surface area (TPSA) is 90.2 Å². The van der Waals surface area contributed by atoms with Crippen LogP contribution in [-0.2, 0) is 4.79 Å². The third-order valence-electron chi connectivity index (χ3n) is 5.35. The lowest BCUT2D eigenvalue weighted by Gasteiger charge is -2.23. The number of benzene rings is 2. The van der Waals surface area contributed by atoms with Crippen molar-refractivity contribution in [1.82, 2.24) is 9.97 Å². The minimum atomic E-state index is -0.664. The fourth-order valence-corrected chi connectivity index (χ4v) is 3.70. The van der Waals surface area contributed by atoms with E-state index in [0.29, 0.717) is 17.0 Å². The van der Waals surface area contributed by atoms with Gasteiger partial charge in [0.25, 0.3) is 5.91 Å². The van der Waals surface area contributed by atoms with E-state index in [9.17, 15) is 9.59 Å². The third kappa shape index (κ3) is 3.99. The Kier molecular flexibility index (Phi) is 5.05. The Morgan fingerprint density at radius 2 is 1.79 bits per heavy atom. The second-order valence-electron chi connectivity index (χ2n) is 7.71. The first-order valence-electron chi connectivity index (χ1n) is 9.96. The van der Waals surface area contributed by atoms with Crippen molar-refractivity contribution < 1.29 is 9.53 Å². The maximum absolute atomic E-state index is 12.9. The predicted octanol–water partition coefficient (Wildman–Crippen LogP) is 3.48. The molecule has 1 aliphatic heterocycles. The van der Waals surface area contributed by atoms with E-state index in [-0.39, 0.29) is 11.6 Å². The fourth-order valence-electron chi connectivity index (χ4n) is 3.70. The number of anilines is 2. The second kappa shape index (κ2) is 7.66. The van der Waals surface area contributed by atoms with Gasteiger partial charge >= 0.3 is 5.69 Å². The smallest absolute Gasteiger partial charge is 0.323 e. The zero-order valence-corrected chi connectivity index (χ0v) is 17.0. The summed E-state index contributed by atoms with van der Waals surface area (Å²) in [4.78, 5) is 32.4. The van der Waals surface area contributed by atoms with E-state index in [2.05, 4.69) is 20.2 Å². The van der Waals surface area contributed by atoms with Gasteiger partial charge in [-0.2, -0.15) is 0 Å². The number of carbonyl (C=O) groups excluding carboxylic acids is 1. The fraction of sp³-hybridized carbons (Fsp3) is 0.364. The molecule has 7 heteroatoms. The Hall–Kier alpha value is -3.22. The molecule has 0 aliphatic carbocycles. The molecule has 1 saturated heterocycles. The van der Waals surface area contributed by atoms with Gasteiger partial charge in [-0.05, 0) is 62.9 Å². The standard InChI is InChI=1S/C22H26N4O3/c1-13-6-7-14(2)20(10-13)29-15(3)21(27)23-18-11-16-17(25-22(28)24-16)12-19(18)26-8-4-5-9-26/h6-7,10-12,15H,4-5,8-9H2,1-3H3,(H,23,27)(H2,24,25,28). The van der Waals surface area contributed by atoms with Gasteiger partial charge in [-0.15, -0.1) is 0 Å². The van der Waals surface area contributed by atoms with Crippen LogP contribution in [0.4, 0.5) is 11.4 Å². The highest BCUT2D eigenvalue weighted by molar-refractivity contribution is 6.00. The quantitative estimate of drug-likeness (QED) is 0.618. The number of hydrogen-bond donors (Lipinski definition) is 3. The minimum Gasteiger partial charge on any atom is -0.481 e. The first-order chi connectivity index (χ1) is 13.9. The highest BCUT2D eigenvalue weighted by Gasteiger charge is 2.22. The summed E-state index contributed by atoms with van der Waals surface area (Å²) in [5, 5.41) is 3.00. The summed E-state index contributed by atoms with van der Waals surface area (Å²) in [6.07, 6.45) is 1.56. The highest BCUT2D eigenvalue weighted by Crippen LogP contribution is 2.32. The lowest BCUT2D eigenvalue weighted by molar-refractivity contribution is -0.122. The largest absolute Gasteiger partial charge is 0.481 e. The molecule has 29 heavy (non-hydrogen) atoms. The molecule has 4 rings (SSSR count). The van der Waals surface area contributed by atoms with Gasteiger partial charge in [0.2, 0.25) is 0 Å². The Morgan fingerprint density at radius 3 is 2.52 bits per heavy atom. The molecule has 7 nitrogen and oxygen atoms in total. The summed E-state index contributed by atoms with van der Waals surface area (Å²) in [5.41, 5.74) is 4.79. The summed E-state index contributed by atoms with van der Waals surface area (Å²) in [5.74, 6) is 0.474. The van der Waals surface area contributed by atoms with Crippen LogP contribution in [-0.4, -0.2) is 35.1 Å². The molecule has 0 radical (unpaired) electrons. The molecule has 1 fully saturated rings. The van der Waals surface area contributed by atoms with Crippen molar-refractivity contribution in [3.05, 3.63) is 51.9 Å². The van der Waals surface area contributed by atoms with Crippen LogP contribution in [0.5, 0.6) is 5.75 Å². The minimum absolute atomic E-state index is 0.233. The molecule has 0 bridgehead atoms. The van der Waals surface area contributed by atoms with Crippen LogP contribution in [0.3, 0.4) is 0 Å². The predicted molar refractivity (Wildman–Crippen MR) is 115 cm³/mol. The lowest BCUT2D eigenvalue weighted by Crippen LogP contribution is -2.31. The number of amides is 1. The van der Waals surface area contributed by atoms with Crippen molar-refractivity contribution in [3.63, 3.8) is 0 Å². The van der Waals surface area contributed by atoms with E-state index < -0.39 is 6.10 Å². The molecule has 1 unspecified atom stereocenters. The van der Waals surface area contributed by atoms with Gasteiger partial charge in [-0.1, -0.05) is 12.1 Å². The normalized spacial score (nSPS) is 14.9. The lowest BCUT2D eigenvalue weighted by atomic mass is 10.1. The van der Waals surface area contributed by atoms with Crippen molar-refractivity contribution in [2.75, 3.05) is 23.3 Å². The molecule has 0 saturated carbocycles. The molecule has 152 valence electrons. The molecule has 0 spiro atoms. The number of aromatic amines is 2. The van der Waals surface area contributed by atoms with E-state index in [0.717, 1.165) is 48.3 Å². The van der Waals surface area contributed by atoms with Crippen LogP contribution < -0.4 is 20.6 Å². The molecule has 2 aromatic carbocycles. The van der Waals surface area contributed by atoms with Crippen LogP contribution in [0, 0.1) is 13.8 Å². The number of fused-ring (bicyclic) bond motifs is 1. The van der Waals surface area contributed by atoms with Crippen molar-refractivity contribution in [2.24, 2.45) is 0 Å². The number of aromatic nitrogens is 2. The first-order valence-corrected chi connectivity index (χ1v) is 9.96. The Morgan fingerprint density at radius 1 is 1.10 bits per heavy atom. The third-order valence-corrected chi connectivity index (χ3v) is 5.35. The van der Waals surface area contributed by atoms with Gasteiger partial charge in [0.05, 0.1) is 22.4 Å². The number of hydrogen-bond acceptors (Lipinski definition) is 4. The zero-order chi connectivity index (χ0) is 20.5. The maximum atomic E-state index is 12.9. The average molecular weight is 394 g/mol. The van der Waals surface area contributed by atoms with Crippen LogP contribution >= 0.6 is 0 Å². The van der Waals surface area contributed by atoms with Crippen LogP contribution in [0.15, 0.2) is 35.1 Å². The van der Waals surface area contributed by atoms with Gasteiger partial charge < -0.3 is 24.9 Å².